The molecule has 1 aromatic heterocycles. The molecule has 1 aromatic rings. The molecular formula is C12H18N2O2S. The van der Waals surface area contributed by atoms with Crippen molar-refractivity contribution >= 4 is 17.2 Å². The highest BCUT2D eigenvalue weighted by Crippen LogP contribution is 2.22. The monoisotopic (exact) mass is 254 g/mol. The number of amides is 1. The van der Waals surface area contributed by atoms with Gasteiger partial charge in [-0.25, -0.2) is 0 Å². The van der Waals surface area contributed by atoms with Crippen molar-refractivity contribution < 1.29 is 9.53 Å². The van der Waals surface area contributed by atoms with Crippen molar-refractivity contribution in [3.63, 3.8) is 0 Å². The van der Waals surface area contributed by atoms with E-state index in [0.717, 1.165) is 4.88 Å². The highest BCUT2D eigenvalue weighted by Gasteiger charge is 2.36. The molecule has 2 rings (SSSR count). The van der Waals surface area contributed by atoms with Crippen molar-refractivity contribution in [2.45, 2.75) is 31.3 Å². The smallest absolute Gasteiger partial charge is 0.240 e. The first-order valence-electron chi connectivity index (χ1n) is 5.83. The van der Waals surface area contributed by atoms with Gasteiger partial charge in [0.25, 0.3) is 0 Å². The maximum Gasteiger partial charge on any atom is 0.240 e. The van der Waals surface area contributed by atoms with Gasteiger partial charge in [0.1, 0.15) is 0 Å². The maximum absolute atomic E-state index is 12.1. The van der Waals surface area contributed by atoms with Gasteiger partial charge < -0.3 is 15.8 Å². The van der Waals surface area contributed by atoms with E-state index in [1.807, 2.05) is 24.4 Å². The lowest BCUT2D eigenvalue weighted by atomic mass is 9.90. The molecule has 1 unspecified atom stereocenters. The van der Waals surface area contributed by atoms with Crippen molar-refractivity contribution in [3.8, 4) is 0 Å². The average molecular weight is 254 g/mol. The highest BCUT2D eigenvalue weighted by atomic mass is 32.1. The number of hydrogen-bond acceptors (Lipinski definition) is 4. The Morgan fingerprint density at radius 3 is 2.88 bits per heavy atom. The van der Waals surface area contributed by atoms with Crippen molar-refractivity contribution in [2.24, 2.45) is 5.73 Å². The molecule has 1 aliphatic heterocycles. The molecule has 0 spiro atoms. The van der Waals surface area contributed by atoms with Gasteiger partial charge in [-0.2, -0.15) is 0 Å². The van der Waals surface area contributed by atoms with E-state index in [4.69, 9.17) is 10.5 Å². The molecule has 0 saturated carbocycles. The van der Waals surface area contributed by atoms with E-state index in [9.17, 15) is 4.79 Å². The van der Waals surface area contributed by atoms with Gasteiger partial charge in [-0.05, 0) is 31.2 Å². The summed E-state index contributed by atoms with van der Waals surface area (Å²) >= 11 is 1.64. The van der Waals surface area contributed by atoms with E-state index in [-0.39, 0.29) is 11.9 Å². The first-order chi connectivity index (χ1) is 8.12. The molecule has 1 fully saturated rings. The molecule has 1 aliphatic rings. The minimum Gasteiger partial charge on any atom is -0.381 e. The maximum atomic E-state index is 12.1. The quantitative estimate of drug-likeness (QED) is 0.857. The van der Waals surface area contributed by atoms with Crippen LogP contribution in [0, 0.1) is 0 Å². The Morgan fingerprint density at radius 1 is 1.59 bits per heavy atom. The average Bonchev–Trinajstić information content (AvgIpc) is 2.83. The van der Waals surface area contributed by atoms with E-state index in [2.05, 4.69) is 5.32 Å². The van der Waals surface area contributed by atoms with Crippen LogP contribution in [-0.2, 0) is 9.53 Å². The molecule has 94 valence electrons. The standard InChI is InChI=1S/C12H18N2O2S/c1-9(10-3-2-8-17-10)14-11(15)12(13)4-6-16-7-5-12/h2-3,8-9H,4-7,13H2,1H3,(H,14,15). The lowest BCUT2D eigenvalue weighted by Gasteiger charge is -2.32. The molecule has 0 radical (unpaired) electrons. The van der Waals surface area contributed by atoms with Crippen LogP contribution >= 0.6 is 11.3 Å². The minimum atomic E-state index is -0.760. The Hall–Kier alpha value is -0.910. The van der Waals surface area contributed by atoms with Gasteiger partial charge in [0.05, 0.1) is 11.6 Å². The first kappa shape index (κ1) is 12.5. The molecule has 17 heavy (non-hydrogen) atoms. The van der Waals surface area contributed by atoms with Crippen LogP contribution in [0.2, 0.25) is 0 Å². The van der Waals surface area contributed by atoms with Crippen LogP contribution in [0.5, 0.6) is 0 Å². The van der Waals surface area contributed by atoms with E-state index in [0.29, 0.717) is 26.1 Å². The molecule has 0 aliphatic carbocycles. The third-order valence-corrected chi connectivity index (χ3v) is 4.21. The molecule has 1 saturated heterocycles. The number of ether oxygens (including phenoxy) is 1. The van der Waals surface area contributed by atoms with Gasteiger partial charge >= 0.3 is 0 Å². The molecule has 0 aromatic carbocycles. The van der Waals surface area contributed by atoms with Crippen LogP contribution < -0.4 is 11.1 Å². The lowest BCUT2D eigenvalue weighted by molar-refractivity contribution is -0.130. The van der Waals surface area contributed by atoms with Crippen molar-refractivity contribution in [1.29, 1.82) is 0 Å². The van der Waals surface area contributed by atoms with Crippen molar-refractivity contribution in [2.75, 3.05) is 13.2 Å². The van der Waals surface area contributed by atoms with Gasteiger partial charge in [0, 0.05) is 18.1 Å². The molecule has 5 heteroatoms. The Balaban J connectivity index is 1.96. The van der Waals surface area contributed by atoms with Crippen LogP contribution in [-0.4, -0.2) is 24.7 Å². The van der Waals surface area contributed by atoms with Gasteiger partial charge in [0.15, 0.2) is 0 Å². The van der Waals surface area contributed by atoms with Crippen LogP contribution in [0.3, 0.4) is 0 Å². The van der Waals surface area contributed by atoms with E-state index >= 15 is 0 Å². The zero-order chi connectivity index (χ0) is 12.3. The summed E-state index contributed by atoms with van der Waals surface area (Å²) in [5.74, 6) is -0.0679. The summed E-state index contributed by atoms with van der Waals surface area (Å²) in [4.78, 5) is 13.3. The third kappa shape index (κ3) is 2.86. The van der Waals surface area contributed by atoms with Crippen LogP contribution in [0.15, 0.2) is 17.5 Å². The fraction of sp³-hybridized carbons (Fsp3) is 0.583. The Kier molecular flexibility index (Phi) is 3.81. The molecule has 1 amide bonds. The zero-order valence-electron chi connectivity index (χ0n) is 9.94. The van der Waals surface area contributed by atoms with Gasteiger partial charge in [-0.1, -0.05) is 6.07 Å². The number of carbonyl (C=O) groups excluding carboxylic acids is 1. The Bertz CT molecular complexity index is 372. The summed E-state index contributed by atoms with van der Waals surface area (Å²) in [6.07, 6.45) is 1.19. The van der Waals surface area contributed by atoms with E-state index < -0.39 is 5.54 Å². The molecular weight excluding hydrogens is 236 g/mol. The number of thiophene rings is 1. The fourth-order valence-corrected chi connectivity index (χ4v) is 2.65. The molecule has 2 heterocycles. The minimum absolute atomic E-state index is 0.0192. The second-order valence-corrected chi connectivity index (χ2v) is 5.46. The van der Waals surface area contributed by atoms with Crippen LogP contribution in [0.25, 0.3) is 0 Å². The second kappa shape index (κ2) is 5.16. The van der Waals surface area contributed by atoms with Crippen molar-refractivity contribution in [3.05, 3.63) is 22.4 Å². The van der Waals surface area contributed by atoms with Gasteiger partial charge in [-0.15, -0.1) is 11.3 Å². The van der Waals surface area contributed by atoms with Gasteiger partial charge in [0.2, 0.25) is 5.91 Å². The number of rotatable bonds is 3. The van der Waals surface area contributed by atoms with Crippen molar-refractivity contribution in [1.82, 2.24) is 5.32 Å². The normalized spacial score (nSPS) is 20.8. The number of carbonyl (C=O) groups is 1. The number of hydrogen-bond donors (Lipinski definition) is 2. The van der Waals surface area contributed by atoms with E-state index in [1.165, 1.54) is 0 Å². The summed E-state index contributed by atoms with van der Waals surface area (Å²) in [5.41, 5.74) is 5.36. The first-order valence-corrected chi connectivity index (χ1v) is 6.71. The van der Waals surface area contributed by atoms with Gasteiger partial charge in [-0.3, -0.25) is 4.79 Å². The third-order valence-electron chi connectivity index (χ3n) is 3.15. The van der Waals surface area contributed by atoms with E-state index in [1.54, 1.807) is 11.3 Å². The highest BCUT2D eigenvalue weighted by molar-refractivity contribution is 7.10. The predicted octanol–water partition coefficient (Wildman–Crippen LogP) is 1.43. The Labute approximate surface area is 105 Å². The lowest BCUT2D eigenvalue weighted by Crippen LogP contribution is -2.57. The van der Waals surface area contributed by atoms with Crippen LogP contribution in [0.1, 0.15) is 30.7 Å². The zero-order valence-corrected chi connectivity index (χ0v) is 10.8. The Morgan fingerprint density at radius 2 is 2.29 bits per heavy atom. The summed E-state index contributed by atoms with van der Waals surface area (Å²) in [7, 11) is 0. The number of nitrogens with one attached hydrogen (secondary N) is 1. The summed E-state index contributed by atoms with van der Waals surface area (Å²) in [6, 6.07) is 4.02. The second-order valence-electron chi connectivity index (χ2n) is 4.48. The largest absolute Gasteiger partial charge is 0.381 e. The fourth-order valence-electron chi connectivity index (χ4n) is 1.91. The van der Waals surface area contributed by atoms with Crippen LogP contribution in [0.4, 0.5) is 0 Å². The SMILES string of the molecule is CC(NC(=O)C1(N)CCOCC1)c1cccs1. The summed E-state index contributed by atoms with van der Waals surface area (Å²) < 4.78 is 5.23. The number of nitrogens with two attached hydrogens (primary N) is 1. The molecule has 4 nitrogen and oxygen atoms in total. The predicted molar refractivity (Wildman–Crippen MR) is 67.8 cm³/mol. The molecule has 3 N–H and O–H groups in total. The summed E-state index contributed by atoms with van der Waals surface area (Å²) in [5, 5.41) is 4.99. The summed E-state index contributed by atoms with van der Waals surface area (Å²) in [6.45, 7) is 3.11. The molecule has 0 bridgehead atoms. The molecule has 1 atom stereocenters. The topological polar surface area (TPSA) is 64.4 Å².